The van der Waals surface area contributed by atoms with Crippen LogP contribution in [0.1, 0.15) is 44.3 Å². The minimum Gasteiger partial charge on any atom is -0.371 e. The number of nitrogens with zero attached hydrogens (tertiary/aromatic N) is 1. The van der Waals surface area contributed by atoms with Crippen molar-refractivity contribution < 1.29 is 4.74 Å². The third-order valence-corrected chi connectivity index (χ3v) is 3.72. The zero-order valence-electron chi connectivity index (χ0n) is 10.2. The monoisotopic (exact) mass is 240 g/mol. The molecule has 90 valence electrons. The van der Waals surface area contributed by atoms with Gasteiger partial charge in [0.1, 0.15) is 5.01 Å². The molecule has 0 radical (unpaired) electrons. The van der Waals surface area contributed by atoms with E-state index in [2.05, 4.69) is 31.1 Å². The molecule has 1 aliphatic rings. The van der Waals surface area contributed by atoms with Crippen molar-refractivity contribution >= 4 is 11.3 Å². The zero-order chi connectivity index (χ0) is 11.8. The Hall–Kier alpha value is -0.450. The van der Waals surface area contributed by atoms with E-state index in [9.17, 15) is 0 Å². The first-order chi connectivity index (χ1) is 7.45. The summed E-state index contributed by atoms with van der Waals surface area (Å²) < 4.78 is 5.73. The second-order valence-corrected chi connectivity index (χ2v) is 6.48. The lowest BCUT2D eigenvalue weighted by Crippen LogP contribution is -2.41. The molecule has 0 saturated heterocycles. The summed E-state index contributed by atoms with van der Waals surface area (Å²) in [5.41, 5.74) is 6.99. The normalized spacial score (nSPS) is 25.5. The van der Waals surface area contributed by atoms with Crippen LogP contribution >= 0.6 is 11.3 Å². The van der Waals surface area contributed by atoms with Crippen molar-refractivity contribution in [2.45, 2.75) is 57.8 Å². The fourth-order valence-electron chi connectivity index (χ4n) is 1.65. The van der Waals surface area contributed by atoms with Crippen molar-refractivity contribution in [2.75, 3.05) is 0 Å². The fourth-order valence-corrected chi connectivity index (χ4v) is 2.59. The first-order valence-electron chi connectivity index (χ1n) is 5.77. The van der Waals surface area contributed by atoms with Gasteiger partial charge in [-0.05, 0) is 12.8 Å². The molecule has 1 aromatic heterocycles. The molecule has 16 heavy (non-hydrogen) atoms. The van der Waals surface area contributed by atoms with Crippen molar-refractivity contribution in [3.63, 3.8) is 0 Å². The summed E-state index contributed by atoms with van der Waals surface area (Å²) in [4.78, 5) is 4.59. The van der Waals surface area contributed by atoms with E-state index in [4.69, 9.17) is 10.5 Å². The average molecular weight is 240 g/mol. The van der Waals surface area contributed by atoms with E-state index < -0.39 is 0 Å². The topological polar surface area (TPSA) is 48.1 Å². The third kappa shape index (κ3) is 2.81. The van der Waals surface area contributed by atoms with Gasteiger partial charge in [-0.1, -0.05) is 20.8 Å². The molecule has 1 saturated carbocycles. The molecule has 0 spiro atoms. The highest BCUT2D eigenvalue weighted by molar-refractivity contribution is 7.09. The van der Waals surface area contributed by atoms with E-state index in [0.29, 0.717) is 18.8 Å². The molecule has 3 nitrogen and oxygen atoms in total. The minimum absolute atomic E-state index is 0.133. The first-order valence-corrected chi connectivity index (χ1v) is 6.65. The first kappa shape index (κ1) is 12.0. The third-order valence-electron chi connectivity index (χ3n) is 2.89. The quantitative estimate of drug-likeness (QED) is 0.883. The highest BCUT2D eigenvalue weighted by Crippen LogP contribution is 2.26. The van der Waals surface area contributed by atoms with E-state index >= 15 is 0 Å². The Morgan fingerprint density at radius 3 is 2.69 bits per heavy atom. The van der Waals surface area contributed by atoms with Crippen LogP contribution in [0.25, 0.3) is 0 Å². The molecule has 0 bridgehead atoms. The van der Waals surface area contributed by atoms with E-state index in [1.807, 2.05) is 0 Å². The molecule has 4 heteroatoms. The maximum Gasteiger partial charge on any atom is 0.119 e. The van der Waals surface area contributed by atoms with E-state index in [1.54, 1.807) is 11.3 Å². The lowest BCUT2D eigenvalue weighted by molar-refractivity contribution is -0.0189. The Balaban J connectivity index is 1.84. The number of rotatable bonds is 3. The highest BCUT2D eigenvalue weighted by atomic mass is 32.1. The molecule has 1 heterocycles. The molecule has 2 rings (SSSR count). The van der Waals surface area contributed by atoms with Crippen LogP contribution in [-0.2, 0) is 16.8 Å². The van der Waals surface area contributed by atoms with Crippen molar-refractivity contribution in [1.82, 2.24) is 4.98 Å². The lowest BCUT2D eigenvalue weighted by Gasteiger charge is -2.31. The van der Waals surface area contributed by atoms with Crippen LogP contribution in [0.5, 0.6) is 0 Å². The Labute approximate surface area is 101 Å². The molecule has 0 aromatic carbocycles. The van der Waals surface area contributed by atoms with Crippen molar-refractivity contribution in [3.05, 3.63) is 16.1 Å². The summed E-state index contributed by atoms with van der Waals surface area (Å²) >= 11 is 1.69. The van der Waals surface area contributed by atoms with Crippen LogP contribution in [0.3, 0.4) is 0 Å². The number of hydrogen-bond donors (Lipinski definition) is 1. The van der Waals surface area contributed by atoms with Crippen LogP contribution in [0, 0.1) is 0 Å². The summed E-state index contributed by atoms with van der Waals surface area (Å²) in [6, 6.07) is 0.353. The molecule has 2 N–H and O–H groups in total. The molecule has 1 fully saturated rings. The predicted octanol–water partition coefficient (Wildman–Crippen LogP) is 2.45. The van der Waals surface area contributed by atoms with Crippen LogP contribution in [0.4, 0.5) is 0 Å². The molecule has 1 aliphatic carbocycles. The molecular weight excluding hydrogens is 220 g/mol. The van der Waals surface area contributed by atoms with Gasteiger partial charge in [-0.3, -0.25) is 0 Å². The maximum atomic E-state index is 5.73. The van der Waals surface area contributed by atoms with Gasteiger partial charge in [-0.25, -0.2) is 4.98 Å². The molecule has 0 atom stereocenters. The van der Waals surface area contributed by atoms with Crippen molar-refractivity contribution in [3.8, 4) is 0 Å². The number of nitrogens with two attached hydrogens (primary N) is 1. The molecular formula is C12H20N2OS. The Morgan fingerprint density at radius 1 is 1.50 bits per heavy atom. The van der Waals surface area contributed by atoms with Gasteiger partial charge in [0.05, 0.1) is 18.4 Å². The van der Waals surface area contributed by atoms with Crippen LogP contribution in [0.2, 0.25) is 0 Å². The van der Waals surface area contributed by atoms with Gasteiger partial charge in [-0.15, -0.1) is 11.3 Å². The summed E-state index contributed by atoms with van der Waals surface area (Å²) in [7, 11) is 0. The van der Waals surface area contributed by atoms with E-state index in [-0.39, 0.29) is 5.41 Å². The fraction of sp³-hybridized carbons (Fsp3) is 0.750. The zero-order valence-corrected chi connectivity index (χ0v) is 11.0. The van der Waals surface area contributed by atoms with Crippen LogP contribution in [-0.4, -0.2) is 17.1 Å². The van der Waals surface area contributed by atoms with Gasteiger partial charge in [0.15, 0.2) is 0 Å². The summed E-state index contributed by atoms with van der Waals surface area (Å²) in [5.74, 6) is 0. The van der Waals surface area contributed by atoms with Gasteiger partial charge in [0, 0.05) is 16.8 Å². The van der Waals surface area contributed by atoms with Crippen molar-refractivity contribution in [1.29, 1.82) is 0 Å². The van der Waals surface area contributed by atoms with E-state index in [0.717, 1.165) is 23.5 Å². The molecule has 0 aliphatic heterocycles. The highest BCUT2D eigenvalue weighted by Gasteiger charge is 2.27. The number of aromatic nitrogens is 1. The van der Waals surface area contributed by atoms with Crippen molar-refractivity contribution in [2.24, 2.45) is 5.73 Å². The van der Waals surface area contributed by atoms with Crippen LogP contribution in [0.15, 0.2) is 5.38 Å². The van der Waals surface area contributed by atoms with Crippen LogP contribution < -0.4 is 5.73 Å². The van der Waals surface area contributed by atoms with Gasteiger partial charge < -0.3 is 10.5 Å². The Kier molecular flexibility index (Phi) is 3.33. The molecule has 1 aromatic rings. The summed E-state index contributed by atoms with van der Waals surface area (Å²) in [5, 5.41) is 3.20. The van der Waals surface area contributed by atoms with E-state index in [1.165, 1.54) is 0 Å². The lowest BCUT2D eigenvalue weighted by atomic mass is 9.90. The minimum atomic E-state index is 0.133. The molecule has 0 amide bonds. The smallest absolute Gasteiger partial charge is 0.119 e. The Bertz CT molecular complexity index is 350. The standard InChI is InChI=1S/C12H20N2OS/c1-12(2,3)10-7-16-11(14-10)6-15-9-4-8(13)5-9/h7-9H,4-6,13H2,1-3H3. The number of thiazole rings is 1. The predicted molar refractivity (Wildman–Crippen MR) is 66.6 cm³/mol. The maximum absolute atomic E-state index is 5.73. The number of hydrogen-bond acceptors (Lipinski definition) is 4. The number of ether oxygens (including phenoxy) is 1. The SMILES string of the molecule is CC(C)(C)c1csc(COC2CC(N)C2)n1. The van der Waals surface area contributed by atoms with Gasteiger partial charge in [0.25, 0.3) is 0 Å². The largest absolute Gasteiger partial charge is 0.371 e. The summed E-state index contributed by atoms with van der Waals surface area (Å²) in [6.45, 7) is 7.17. The second kappa shape index (κ2) is 4.43. The Morgan fingerprint density at radius 2 is 2.19 bits per heavy atom. The van der Waals surface area contributed by atoms with Gasteiger partial charge >= 0.3 is 0 Å². The average Bonchev–Trinajstić information content (AvgIpc) is 2.58. The summed E-state index contributed by atoms with van der Waals surface area (Å²) in [6.07, 6.45) is 2.35. The van der Waals surface area contributed by atoms with Gasteiger partial charge in [0.2, 0.25) is 0 Å². The second-order valence-electron chi connectivity index (χ2n) is 5.54. The molecule has 0 unspecified atom stereocenters. The van der Waals surface area contributed by atoms with Gasteiger partial charge in [-0.2, -0.15) is 0 Å².